The highest BCUT2D eigenvalue weighted by Gasteiger charge is 2.18. The number of likely N-dealkylation sites (N-methyl/N-ethyl adjacent to an activating group) is 1. The highest BCUT2D eigenvalue weighted by Crippen LogP contribution is 2.23. The van der Waals surface area contributed by atoms with Gasteiger partial charge in [0, 0.05) is 30.9 Å². The molecule has 0 saturated carbocycles. The van der Waals surface area contributed by atoms with Gasteiger partial charge in [-0.05, 0) is 36.8 Å². The summed E-state index contributed by atoms with van der Waals surface area (Å²) in [7, 11) is 1.52. The van der Waals surface area contributed by atoms with Crippen LogP contribution in [0.3, 0.4) is 0 Å². The van der Waals surface area contributed by atoms with E-state index < -0.39 is 0 Å². The number of anilines is 1. The van der Waals surface area contributed by atoms with Crippen molar-refractivity contribution in [2.24, 2.45) is 0 Å². The summed E-state index contributed by atoms with van der Waals surface area (Å²) in [6.07, 6.45) is 1.85. The molecule has 0 fully saturated rings. The Bertz CT molecular complexity index is 1460. The molecule has 4 N–H and O–H groups in total. The average Bonchev–Trinajstić information content (AvgIpc) is 2.91. The molecule has 0 aliphatic carbocycles. The van der Waals surface area contributed by atoms with Gasteiger partial charge in [-0.1, -0.05) is 30.3 Å². The van der Waals surface area contributed by atoms with Crippen molar-refractivity contribution in [1.29, 1.82) is 0 Å². The number of benzene rings is 1. The van der Waals surface area contributed by atoms with E-state index in [0.717, 1.165) is 16.8 Å². The number of hydrogen-bond acceptors (Lipinski definition) is 6. The minimum atomic E-state index is -0.290. The van der Waals surface area contributed by atoms with Gasteiger partial charge in [0.05, 0.1) is 36.2 Å². The molecule has 0 aliphatic rings. The Hall–Kier alpha value is -4.53. The van der Waals surface area contributed by atoms with E-state index >= 15 is 0 Å². The second-order valence-corrected chi connectivity index (χ2v) is 8.33. The van der Waals surface area contributed by atoms with Gasteiger partial charge in [-0.2, -0.15) is 0 Å². The van der Waals surface area contributed by atoms with Gasteiger partial charge >= 0.3 is 0 Å². The third-order valence-corrected chi connectivity index (χ3v) is 5.99. The fraction of sp³-hybridized carbons (Fsp3) is 0.222. The predicted octanol–water partition coefficient (Wildman–Crippen LogP) is 2.21. The normalized spacial score (nSPS) is 10.8. The lowest BCUT2D eigenvalue weighted by Gasteiger charge is -2.16. The van der Waals surface area contributed by atoms with Crippen LogP contribution < -0.4 is 21.8 Å². The molecule has 2 amide bonds. The second kappa shape index (κ2) is 10.8. The van der Waals surface area contributed by atoms with E-state index in [4.69, 9.17) is 10.7 Å². The molecule has 4 rings (SSSR count). The lowest BCUT2D eigenvalue weighted by atomic mass is 10.0. The summed E-state index contributed by atoms with van der Waals surface area (Å²) in [4.78, 5) is 46.2. The summed E-state index contributed by atoms with van der Waals surface area (Å²) >= 11 is 0. The van der Waals surface area contributed by atoms with Crippen LogP contribution in [0.25, 0.3) is 22.3 Å². The third-order valence-electron chi connectivity index (χ3n) is 5.99. The first kappa shape index (κ1) is 24.6. The molecule has 4 aromatic rings. The van der Waals surface area contributed by atoms with Crippen molar-refractivity contribution in [2.75, 3.05) is 12.8 Å². The first-order valence-electron chi connectivity index (χ1n) is 11.7. The maximum Gasteiger partial charge on any atom is 0.224 e. The van der Waals surface area contributed by atoms with Crippen LogP contribution in [-0.4, -0.2) is 33.4 Å². The summed E-state index contributed by atoms with van der Waals surface area (Å²) < 4.78 is 1.75. The lowest BCUT2D eigenvalue weighted by molar-refractivity contribution is -0.121. The Morgan fingerprint density at radius 1 is 1.00 bits per heavy atom. The van der Waals surface area contributed by atoms with E-state index in [0.29, 0.717) is 29.8 Å². The number of aromatic nitrogens is 3. The van der Waals surface area contributed by atoms with Crippen molar-refractivity contribution in [3.05, 3.63) is 87.8 Å². The fourth-order valence-electron chi connectivity index (χ4n) is 4.02. The highest BCUT2D eigenvalue weighted by molar-refractivity contribution is 5.85. The standard InChI is InChI=1S/C27H28N6O3/c1-3-33-26(28)21(15-23(34)29-2)25(36)20-11-12-22(32-27(20)33)18-9-7-17(8-10-18)14-24(35)31-16-19-6-4-5-13-30-19/h4-13H,3,14-16,28H2,1-2H3,(H,29,34)(H,31,35). The van der Waals surface area contributed by atoms with Crippen LogP contribution in [0.1, 0.15) is 23.7 Å². The van der Waals surface area contributed by atoms with Crippen LogP contribution in [0.15, 0.2) is 65.6 Å². The topological polar surface area (TPSA) is 132 Å². The van der Waals surface area contributed by atoms with Crippen LogP contribution in [0.5, 0.6) is 0 Å². The van der Waals surface area contributed by atoms with Gasteiger partial charge in [0.15, 0.2) is 5.43 Å². The number of rotatable bonds is 8. The summed E-state index contributed by atoms with van der Waals surface area (Å²) in [5, 5.41) is 5.81. The Morgan fingerprint density at radius 2 is 1.78 bits per heavy atom. The zero-order chi connectivity index (χ0) is 25.7. The summed E-state index contributed by atoms with van der Waals surface area (Å²) in [5.74, 6) is -0.126. The van der Waals surface area contributed by atoms with Crippen molar-refractivity contribution in [3.8, 4) is 11.3 Å². The number of aryl methyl sites for hydroxylation is 1. The number of carbonyl (C=O) groups excluding carboxylic acids is 2. The monoisotopic (exact) mass is 484 g/mol. The van der Waals surface area contributed by atoms with Crippen LogP contribution in [0.2, 0.25) is 0 Å². The molecule has 184 valence electrons. The molecular formula is C27H28N6O3. The number of carbonyl (C=O) groups is 2. The molecule has 1 aromatic carbocycles. The second-order valence-electron chi connectivity index (χ2n) is 8.33. The van der Waals surface area contributed by atoms with E-state index in [1.807, 2.05) is 49.4 Å². The summed E-state index contributed by atoms with van der Waals surface area (Å²) in [6.45, 7) is 2.78. The number of hydrogen-bond donors (Lipinski definition) is 3. The third kappa shape index (κ3) is 5.25. The summed E-state index contributed by atoms with van der Waals surface area (Å²) in [5.41, 5.74) is 9.92. The number of amides is 2. The van der Waals surface area contributed by atoms with Gasteiger partial charge in [-0.3, -0.25) is 19.4 Å². The number of nitrogens with zero attached hydrogens (tertiary/aromatic N) is 3. The van der Waals surface area contributed by atoms with Gasteiger partial charge in [-0.15, -0.1) is 0 Å². The van der Waals surface area contributed by atoms with Crippen LogP contribution in [0.4, 0.5) is 5.82 Å². The first-order valence-corrected chi connectivity index (χ1v) is 11.7. The Morgan fingerprint density at radius 3 is 2.44 bits per heavy atom. The minimum Gasteiger partial charge on any atom is -0.385 e. The molecular weight excluding hydrogens is 456 g/mol. The van der Waals surface area contributed by atoms with Crippen LogP contribution in [-0.2, 0) is 35.5 Å². The van der Waals surface area contributed by atoms with Crippen LogP contribution in [0, 0.1) is 0 Å². The Kier molecular flexibility index (Phi) is 7.39. The van der Waals surface area contributed by atoms with E-state index in [1.54, 1.807) is 22.9 Å². The van der Waals surface area contributed by atoms with Crippen molar-refractivity contribution in [1.82, 2.24) is 25.2 Å². The van der Waals surface area contributed by atoms with E-state index in [1.165, 1.54) is 7.05 Å². The first-order chi connectivity index (χ1) is 17.4. The fourth-order valence-corrected chi connectivity index (χ4v) is 4.02. The maximum absolute atomic E-state index is 13.1. The Balaban J connectivity index is 1.56. The van der Waals surface area contributed by atoms with Crippen molar-refractivity contribution < 1.29 is 9.59 Å². The maximum atomic E-state index is 13.1. The zero-order valence-electron chi connectivity index (χ0n) is 20.2. The van der Waals surface area contributed by atoms with Gasteiger partial charge in [-0.25, -0.2) is 4.98 Å². The molecule has 0 radical (unpaired) electrons. The summed E-state index contributed by atoms with van der Waals surface area (Å²) in [6, 6.07) is 16.6. The van der Waals surface area contributed by atoms with Crippen LogP contribution >= 0.6 is 0 Å². The number of nitrogens with two attached hydrogens (primary N) is 1. The molecule has 9 nitrogen and oxygen atoms in total. The van der Waals surface area contributed by atoms with Gasteiger partial charge in [0.1, 0.15) is 11.5 Å². The SMILES string of the molecule is CCn1c(N)c(CC(=O)NC)c(=O)c2ccc(-c3ccc(CC(=O)NCc4ccccn4)cc3)nc21. The van der Waals surface area contributed by atoms with Gasteiger partial charge in [0.25, 0.3) is 0 Å². The molecule has 3 aromatic heterocycles. The van der Waals surface area contributed by atoms with Gasteiger partial charge < -0.3 is 20.9 Å². The average molecular weight is 485 g/mol. The molecule has 0 bridgehead atoms. The molecule has 3 heterocycles. The molecule has 0 spiro atoms. The van der Waals surface area contributed by atoms with Crippen molar-refractivity contribution in [2.45, 2.75) is 32.9 Å². The van der Waals surface area contributed by atoms with Gasteiger partial charge in [0.2, 0.25) is 11.8 Å². The Labute approximate surface area is 208 Å². The number of nitrogen functional groups attached to an aromatic ring is 1. The zero-order valence-corrected chi connectivity index (χ0v) is 20.2. The molecule has 0 saturated heterocycles. The minimum absolute atomic E-state index is 0.0875. The lowest BCUT2D eigenvalue weighted by Crippen LogP contribution is -2.27. The number of fused-ring (bicyclic) bond motifs is 1. The number of nitrogens with one attached hydrogen (secondary N) is 2. The molecule has 9 heteroatoms. The molecule has 0 atom stereocenters. The smallest absolute Gasteiger partial charge is 0.224 e. The molecule has 0 aliphatic heterocycles. The molecule has 0 unspecified atom stereocenters. The predicted molar refractivity (Wildman–Crippen MR) is 139 cm³/mol. The van der Waals surface area contributed by atoms with E-state index in [9.17, 15) is 14.4 Å². The van der Waals surface area contributed by atoms with E-state index in [2.05, 4.69) is 15.6 Å². The quantitative estimate of drug-likeness (QED) is 0.351. The molecule has 36 heavy (non-hydrogen) atoms. The highest BCUT2D eigenvalue weighted by atomic mass is 16.2. The largest absolute Gasteiger partial charge is 0.385 e. The van der Waals surface area contributed by atoms with E-state index in [-0.39, 0.29) is 41.5 Å². The van der Waals surface area contributed by atoms with Crippen molar-refractivity contribution in [3.63, 3.8) is 0 Å². The number of pyridine rings is 3. The van der Waals surface area contributed by atoms with Crippen molar-refractivity contribution >= 4 is 28.7 Å².